The topological polar surface area (TPSA) is 80.0 Å². The first-order chi connectivity index (χ1) is 8.95. The van der Waals surface area contributed by atoms with Crippen LogP contribution in [0.1, 0.15) is 42.8 Å². The number of amides is 1. The largest absolute Gasteiger partial charge is 0.382 e. The Bertz CT molecular complexity index is 507. The fourth-order valence-corrected chi connectivity index (χ4v) is 3.06. The zero-order valence-electron chi connectivity index (χ0n) is 11.3. The molecule has 1 heterocycles. The monoisotopic (exact) mass is 280 g/mol. The number of anilines is 2. The molecule has 19 heavy (non-hydrogen) atoms. The Morgan fingerprint density at radius 1 is 1.53 bits per heavy atom. The van der Waals surface area contributed by atoms with Crippen molar-refractivity contribution in [3.8, 4) is 0 Å². The molecule has 3 rings (SSSR count). The fourth-order valence-electron chi connectivity index (χ4n) is 2.18. The molecule has 0 radical (unpaired) electrons. The van der Waals surface area contributed by atoms with Gasteiger partial charge in [0.05, 0.1) is 0 Å². The van der Waals surface area contributed by atoms with E-state index in [1.807, 2.05) is 0 Å². The predicted molar refractivity (Wildman–Crippen MR) is 77.4 cm³/mol. The summed E-state index contributed by atoms with van der Waals surface area (Å²) in [7, 11) is 0. The maximum atomic E-state index is 12.1. The van der Waals surface area contributed by atoms with E-state index in [-0.39, 0.29) is 5.91 Å². The number of aromatic nitrogens is 1. The van der Waals surface area contributed by atoms with Crippen LogP contribution in [0.2, 0.25) is 0 Å². The highest BCUT2D eigenvalue weighted by molar-refractivity contribution is 7.18. The van der Waals surface area contributed by atoms with Crippen LogP contribution in [0.15, 0.2) is 0 Å². The van der Waals surface area contributed by atoms with Crippen molar-refractivity contribution < 1.29 is 4.79 Å². The first-order valence-corrected chi connectivity index (χ1v) is 7.58. The van der Waals surface area contributed by atoms with Gasteiger partial charge >= 0.3 is 0 Å². The molecule has 1 amide bonds. The number of hydrogen-bond donors (Lipinski definition) is 3. The number of rotatable bonds is 5. The van der Waals surface area contributed by atoms with Crippen LogP contribution in [-0.2, 0) is 0 Å². The smallest absolute Gasteiger partial charge is 0.265 e. The maximum absolute atomic E-state index is 12.1. The molecule has 1 aromatic rings. The van der Waals surface area contributed by atoms with Crippen molar-refractivity contribution in [2.75, 3.05) is 17.6 Å². The van der Waals surface area contributed by atoms with E-state index in [2.05, 4.69) is 29.5 Å². The zero-order valence-corrected chi connectivity index (χ0v) is 12.1. The maximum Gasteiger partial charge on any atom is 0.265 e. The molecule has 0 aromatic carbocycles. The van der Waals surface area contributed by atoms with Gasteiger partial charge in [-0.05, 0) is 30.6 Å². The highest BCUT2D eigenvalue weighted by atomic mass is 32.1. The summed E-state index contributed by atoms with van der Waals surface area (Å²) in [6.07, 6.45) is 3.54. The van der Waals surface area contributed by atoms with Gasteiger partial charge < -0.3 is 16.4 Å². The lowest BCUT2D eigenvalue weighted by Gasteiger charge is -2.05. The molecule has 0 spiro atoms. The van der Waals surface area contributed by atoms with Gasteiger partial charge in [0.2, 0.25) is 0 Å². The molecule has 0 bridgehead atoms. The van der Waals surface area contributed by atoms with E-state index >= 15 is 0 Å². The first-order valence-electron chi connectivity index (χ1n) is 6.77. The number of nitrogen functional groups attached to an aromatic ring is 1. The molecule has 1 aromatic heterocycles. The van der Waals surface area contributed by atoms with E-state index in [1.165, 1.54) is 30.6 Å². The van der Waals surface area contributed by atoms with Crippen molar-refractivity contribution in [1.82, 2.24) is 10.3 Å². The lowest BCUT2D eigenvalue weighted by atomic mass is 10.1. The molecular weight excluding hydrogens is 260 g/mol. The van der Waals surface area contributed by atoms with Gasteiger partial charge in [0, 0.05) is 12.6 Å². The van der Waals surface area contributed by atoms with Crippen LogP contribution < -0.4 is 16.4 Å². The summed E-state index contributed by atoms with van der Waals surface area (Å²) in [6, 6.07) is 0.522. The van der Waals surface area contributed by atoms with Crippen LogP contribution in [0.3, 0.4) is 0 Å². The van der Waals surface area contributed by atoms with Crippen molar-refractivity contribution in [2.24, 2.45) is 11.3 Å². The van der Waals surface area contributed by atoms with Crippen LogP contribution >= 0.6 is 11.3 Å². The first kappa shape index (κ1) is 12.7. The van der Waals surface area contributed by atoms with E-state index < -0.39 is 0 Å². The summed E-state index contributed by atoms with van der Waals surface area (Å²) in [5, 5.41) is 6.99. The van der Waals surface area contributed by atoms with E-state index in [1.54, 1.807) is 0 Å². The van der Waals surface area contributed by atoms with Crippen LogP contribution in [0, 0.1) is 11.3 Å². The molecule has 104 valence electrons. The molecule has 5 nitrogen and oxygen atoms in total. The van der Waals surface area contributed by atoms with Gasteiger partial charge in [-0.25, -0.2) is 4.98 Å². The second-order valence-corrected chi connectivity index (χ2v) is 7.25. The molecule has 0 saturated heterocycles. The highest BCUT2D eigenvalue weighted by Crippen LogP contribution is 2.51. The van der Waals surface area contributed by atoms with E-state index in [0.29, 0.717) is 28.1 Å². The average Bonchev–Trinajstić information content (AvgIpc) is 3.19. The average molecular weight is 280 g/mol. The Morgan fingerprint density at radius 3 is 2.79 bits per heavy atom. The Labute approximate surface area is 117 Å². The normalized spacial score (nSPS) is 24.0. The number of nitrogens with two attached hydrogens (primary N) is 1. The Morgan fingerprint density at radius 2 is 2.21 bits per heavy atom. The summed E-state index contributed by atoms with van der Waals surface area (Å²) in [5.74, 6) is 0.830. The molecule has 0 aliphatic heterocycles. The second kappa shape index (κ2) is 4.37. The van der Waals surface area contributed by atoms with Gasteiger partial charge in [0.15, 0.2) is 5.13 Å². The van der Waals surface area contributed by atoms with Gasteiger partial charge in [-0.3, -0.25) is 4.79 Å². The summed E-state index contributed by atoms with van der Waals surface area (Å²) in [5.41, 5.74) is 6.19. The van der Waals surface area contributed by atoms with Crippen molar-refractivity contribution in [2.45, 2.75) is 39.2 Å². The van der Waals surface area contributed by atoms with Crippen LogP contribution in [0.25, 0.3) is 0 Å². The minimum Gasteiger partial charge on any atom is -0.382 e. The van der Waals surface area contributed by atoms with Crippen LogP contribution in [-0.4, -0.2) is 23.5 Å². The SMILES string of the molecule is CC1(C)CC1CNC(=O)c1sc(NC2CC2)nc1N. The third-order valence-corrected chi connectivity index (χ3v) is 4.99. The highest BCUT2D eigenvalue weighted by Gasteiger charge is 2.45. The van der Waals surface area contributed by atoms with Crippen LogP contribution in [0.4, 0.5) is 10.9 Å². The number of carbonyl (C=O) groups is 1. The minimum absolute atomic E-state index is 0.0958. The number of nitrogens with zero attached hydrogens (tertiary/aromatic N) is 1. The van der Waals surface area contributed by atoms with Crippen molar-refractivity contribution >= 4 is 28.2 Å². The standard InChI is InChI=1S/C13H20N4OS/c1-13(2)5-7(13)6-15-11(18)9-10(14)17-12(19-9)16-8-3-4-8/h7-8H,3-6,14H2,1-2H3,(H,15,18)(H,16,17). The summed E-state index contributed by atoms with van der Waals surface area (Å²) >= 11 is 1.35. The molecule has 1 atom stereocenters. The van der Waals surface area contributed by atoms with E-state index in [0.717, 1.165) is 11.7 Å². The molecule has 2 fully saturated rings. The van der Waals surface area contributed by atoms with Gasteiger partial charge in [0.1, 0.15) is 10.7 Å². The van der Waals surface area contributed by atoms with Gasteiger partial charge in [-0.15, -0.1) is 0 Å². The number of nitrogens with one attached hydrogen (secondary N) is 2. The van der Waals surface area contributed by atoms with Crippen LogP contribution in [0.5, 0.6) is 0 Å². The number of carbonyl (C=O) groups excluding carboxylic acids is 1. The van der Waals surface area contributed by atoms with Gasteiger partial charge in [0.25, 0.3) is 5.91 Å². The predicted octanol–water partition coefficient (Wildman–Crippen LogP) is 2.08. The minimum atomic E-state index is -0.0958. The molecule has 2 aliphatic carbocycles. The summed E-state index contributed by atoms with van der Waals surface area (Å²) in [6.45, 7) is 5.18. The van der Waals surface area contributed by atoms with Gasteiger partial charge in [-0.2, -0.15) is 0 Å². The number of thiazole rings is 1. The summed E-state index contributed by atoms with van der Waals surface area (Å²) < 4.78 is 0. The third-order valence-electron chi connectivity index (χ3n) is 3.99. The van der Waals surface area contributed by atoms with Gasteiger partial charge in [-0.1, -0.05) is 25.2 Å². The molecular formula is C13H20N4OS. The Kier molecular flexibility index (Phi) is 2.92. The van der Waals surface area contributed by atoms with Crippen molar-refractivity contribution in [1.29, 1.82) is 0 Å². The summed E-state index contributed by atoms with van der Waals surface area (Å²) in [4.78, 5) is 16.8. The molecule has 6 heteroatoms. The fraction of sp³-hybridized carbons (Fsp3) is 0.692. The third kappa shape index (κ3) is 2.83. The molecule has 4 N–H and O–H groups in total. The molecule has 1 unspecified atom stereocenters. The lowest BCUT2D eigenvalue weighted by molar-refractivity contribution is 0.0955. The van der Waals surface area contributed by atoms with Crippen molar-refractivity contribution in [3.05, 3.63) is 4.88 Å². The van der Waals surface area contributed by atoms with E-state index in [9.17, 15) is 4.79 Å². The Hall–Kier alpha value is -1.30. The lowest BCUT2D eigenvalue weighted by Crippen LogP contribution is -2.26. The number of hydrogen-bond acceptors (Lipinski definition) is 5. The van der Waals surface area contributed by atoms with E-state index in [4.69, 9.17) is 5.73 Å². The molecule has 2 saturated carbocycles. The second-order valence-electron chi connectivity index (χ2n) is 6.25. The zero-order chi connectivity index (χ0) is 13.6. The molecule has 2 aliphatic rings. The Balaban J connectivity index is 1.57. The quantitative estimate of drug-likeness (QED) is 0.771. The van der Waals surface area contributed by atoms with Crippen molar-refractivity contribution in [3.63, 3.8) is 0 Å².